The largest absolute Gasteiger partial charge is 0.480 e. The average Bonchev–Trinajstić information content (AvgIpc) is 2.54. The van der Waals surface area contributed by atoms with Gasteiger partial charge in [0, 0.05) is 11.9 Å². The van der Waals surface area contributed by atoms with Gasteiger partial charge in [-0.2, -0.15) is 0 Å². The predicted molar refractivity (Wildman–Crippen MR) is 68.4 cm³/mol. The Kier molecular flexibility index (Phi) is 3.11. The zero-order valence-corrected chi connectivity index (χ0v) is 10.8. The highest BCUT2D eigenvalue weighted by molar-refractivity contribution is 8.00. The van der Waals surface area contributed by atoms with Crippen LogP contribution in [-0.4, -0.2) is 25.9 Å². The molecule has 2 aromatic rings. The molecule has 2 rings (SSSR count). The van der Waals surface area contributed by atoms with Crippen LogP contribution in [0.5, 0.6) is 0 Å². The Morgan fingerprint density at radius 3 is 2.88 bits per heavy atom. The van der Waals surface area contributed by atoms with E-state index in [2.05, 4.69) is 4.98 Å². The van der Waals surface area contributed by atoms with Crippen molar-refractivity contribution in [1.29, 1.82) is 0 Å². The molecule has 0 aliphatic carbocycles. The fraction of sp³-hybridized carbons (Fsp3) is 0.333. The maximum atomic E-state index is 10.8. The van der Waals surface area contributed by atoms with Crippen LogP contribution in [0.4, 0.5) is 0 Å². The molecule has 0 radical (unpaired) electrons. The monoisotopic (exact) mass is 250 g/mol. The highest BCUT2D eigenvalue weighted by Gasteiger charge is 2.13. The fourth-order valence-corrected chi connectivity index (χ4v) is 2.46. The standard InChI is InChI=1S/C12H14N2O2S/c1-7(12(15)16)17-9-4-5-11-10(6-9)13-8(2)14(11)3/h4-7H,1-3H3,(H,15,16). The maximum Gasteiger partial charge on any atom is 0.316 e. The zero-order valence-electron chi connectivity index (χ0n) is 9.97. The summed E-state index contributed by atoms with van der Waals surface area (Å²) < 4.78 is 2.02. The van der Waals surface area contributed by atoms with Crippen molar-refractivity contribution in [2.75, 3.05) is 0 Å². The minimum atomic E-state index is -0.799. The molecule has 1 N–H and O–H groups in total. The van der Waals surface area contributed by atoms with Crippen molar-refractivity contribution < 1.29 is 9.90 Å². The Morgan fingerprint density at radius 1 is 1.53 bits per heavy atom. The van der Waals surface area contributed by atoms with Gasteiger partial charge in [0.15, 0.2) is 0 Å². The number of aryl methyl sites for hydroxylation is 2. The number of imidazole rings is 1. The molecule has 1 aromatic carbocycles. The van der Waals surface area contributed by atoms with E-state index in [0.717, 1.165) is 21.8 Å². The fourth-order valence-electron chi connectivity index (χ4n) is 1.63. The van der Waals surface area contributed by atoms with Gasteiger partial charge in [-0.25, -0.2) is 4.98 Å². The minimum Gasteiger partial charge on any atom is -0.480 e. The smallest absolute Gasteiger partial charge is 0.316 e. The van der Waals surface area contributed by atoms with Crippen molar-refractivity contribution in [3.63, 3.8) is 0 Å². The topological polar surface area (TPSA) is 55.1 Å². The lowest BCUT2D eigenvalue weighted by Gasteiger charge is -2.05. The molecule has 0 bridgehead atoms. The average molecular weight is 250 g/mol. The Bertz CT molecular complexity index is 577. The molecule has 0 saturated heterocycles. The van der Waals surface area contributed by atoms with Gasteiger partial charge in [0.05, 0.1) is 11.0 Å². The van der Waals surface area contributed by atoms with Gasteiger partial charge in [-0.1, -0.05) is 0 Å². The molecule has 1 heterocycles. The SMILES string of the molecule is Cc1nc2cc(SC(C)C(=O)O)ccc2n1C. The van der Waals surface area contributed by atoms with E-state index in [1.165, 1.54) is 11.8 Å². The van der Waals surface area contributed by atoms with E-state index >= 15 is 0 Å². The number of aromatic nitrogens is 2. The van der Waals surface area contributed by atoms with Crippen molar-refractivity contribution in [2.24, 2.45) is 7.05 Å². The molecule has 1 aromatic heterocycles. The number of benzene rings is 1. The van der Waals surface area contributed by atoms with Crippen LogP contribution in [0.3, 0.4) is 0 Å². The number of thioether (sulfide) groups is 1. The molecule has 17 heavy (non-hydrogen) atoms. The second kappa shape index (κ2) is 4.41. The van der Waals surface area contributed by atoms with Crippen LogP contribution in [0.25, 0.3) is 11.0 Å². The highest BCUT2D eigenvalue weighted by Crippen LogP contribution is 2.26. The molecule has 0 spiro atoms. The summed E-state index contributed by atoms with van der Waals surface area (Å²) in [6.07, 6.45) is 0. The number of hydrogen-bond acceptors (Lipinski definition) is 3. The molecule has 0 aliphatic rings. The van der Waals surface area contributed by atoms with Crippen molar-refractivity contribution >= 4 is 28.8 Å². The maximum absolute atomic E-state index is 10.8. The van der Waals surface area contributed by atoms with Crippen LogP contribution in [0, 0.1) is 6.92 Å². The molecular formula is C12H14N2O2S. The van der Waals surface area contributed by atoms with Crippen molar-refractivity contribution in [2.45, 2.75) is 24.0 Å². The third kappa shape index (κ3) is 2.29. The van der Waals surface area contributed by atoms with Gasteiger partial charge in [0.1, 0.15) is 11.1 Å². The molecule has 5 heteroatoms. The first-order chi connectivity index (χ1) is 7.99. The van der Waals surface area contributed by atoms with E-state index in [1.807, 2.05) is 36.7 Å². The predicted octanol–water partition coefficient (Wildman–Crippen LogP) is 2.45. The first kappa shape index (κ1) is 12.0. The third-order valence-corrected chi connectivity index (χ3v) is 3.82. The van der Waals surface area contributed by atoms with Gasteiger partial charge in [0.25, 0.3) is 0 Å². The summed E-state index contributed by atoms with van der Waals surface area (Å²) >= 11 is 1.33. The summed E-state index contributed by atoms with van der Waals surface area (Å²) in [4.78, 5) is 16.1. The Morgan fingerprint density at radius 2 is 2.24 bits per heavy atom. The van der Waals surface area contributed by atoms with E-state index in [-0.39, 0.29) is 0 Å². The number of rotatable bonds is 3. The van der Waals surface area contributed by atoms with Crippen LogP contribution < -0.4 is 0 Å². The molecule has 0 saturated carbocycles. The normalized spacial score (nSPS) is 12.9. The van der Waals surface area contributed by atoms with Crippen LogP contribution >= 0.6 is 11.8 Å². The van der Waals surface area contributed by atoms with E-state index < -0.39 is 11.2 Å². The second-order valence-electron chi connectivity index (χ2n) is 3.97. The lowest BCUT2D eigenvalue weighted by atomic mass is 10.3. The van der Waals surface area contributed by atoms with E-state index in [9.17, 15) is 4.79 Å². The van der Waals surface area contributed by atoms with Crippen LogP contribution in [0.2, 0.25) is 0 Å². The Hall–Kier alpha value is -1.49. The van der Waals surface area contributed by atoms with Crippen LogP contribution in [0.15, 0.2) is 23.1 Å². The van der Waals surface area contributed by atoms with Gasteiger partial charge in [-0.3, -0.25) is 4.79 Å². The highest BCUT2D eigenvalue weighted by atomic mass is 32.2. The summed E-state index contributed by atoms with van der Waals surface area (Å²) in [6.45, 7) is 3.63. The zero-order chi connectivity index (χ0) is 12.6. The summed E-state index contributed by atoms with van der Waals surface area (Å²) in [5, 5.41) is 8.42. The molecular weight excluding hydrogens is 236 g/mol. The Balaban J connectivity index is 2.35. The van der Waals surface area contributed by atoms with Gasteiger partial charge < -0.3 is 9.67 Å². The van der Waals surface area contributed by atoms with Gasteiger partial charge in [-0.05, 0) is 32.0 Å². The number of carboxylic acids is 1. The summed E-state index contributed by atoms with van der Waals surface area (Å²) in [6, 6.07) is 5.85. The number of hydrogen-bond donors (Lipinski definition) is 1. The molecule has 0 fully saturated rings. The van der Waals surface area contributed by atoms with Crippen molar-refractivity contribution in [3.8, 4) is 0 Å². The minimum absolute atomic E-state index is 0.447. The Labute approximate surface area is 104 Å². The van der Waals surface area contributed by atoms with Crippen LogP contribution in [0.1, 0.15) is 12.7 Å². The number of nitrogens with zero attached hydrogens (tertiary/aromatic N) is 2. The van der Waals surface area contributed by atoms with E-state index in [4.69, 9.17) is 5.11 Å². The molecule has 4 nitrogen and oxygen atoms in total. The molecule has 0 aliphatic heterocycles. The summed E-state index contributed by atoms with van der Waals surface area (Å²) in [5.74, 6) is 0.153. The van der Waals surface area contributed by atoms with Gasteiger partial charge in [-0.15, -0.1) is 11.8 Å². The third-order valence-electron chi connectivity index (χ3n) is 2.74. The second-order valence-corrected chi connectivity index (χ2v) is 5.38. The van der Waals surface area contributed by atoms with Crippen molar-refractivity contribution in [1.82, 2.24) is 9.55 Å². The quantitative estimate of drug-likeness (QED) is 0.850. The van der Waals surface area contributed by atoms with E-state index in [1.54, 1.807) is 6.92 Å². The molecule has 90 valence electrons. The first-order valence-electron chi connectivity index (χ1n) is 5.31. The van der Waals surface area contributed by atoms with E-state index in [0.29, 0.717) is 0 Å². The number of carbonyl (C=O) groups is 1. The van der Waals surface area contributed by atoms with Crippen molar-refractivity contribution in [3.05, 3.63) is 24.0 Å². The number of fused-ring (bicyclic) bond motifs is 1. The summed E-state index contributed by atoms with van der Waals surface area (Å²) in [7, 11) is 1.97. The van der Waals surface area contributed by atoms with Gasteiger partial charge in [0.2, 0.25) is 0 Å². The molecule has 1 atom stereocenters. The molecule has 1 unspecified atom stereocenters. The lowest BCUT2D eigenvalue weighted by molar-refractivity contribution is -0.136. The molecule has 0 amide bonds. The van der Waals surface area contributed by atoms with Gasteiger partial charge >= 0.3 is 5.97 Å². The number of aliphatic carboxylic acids is 1. The summed E-state index contributed by atoms with van der Waals surface area (Å²) in [5.41, 5.74) is 1.97. The first-order valence-corrected chi connectivity index (χ1v) is 6.19. The lowest BCUT2D eigenvalue weighted by Crippen LogP contribution is -2.10. The number of carboxylic acid groups (broad SMARTS) is 1. The van der Waals surface area contributed by atoms with Crippen LogP contribution in [-0.2, 0) is 11.8 Å².